The van der Waals surface area contributed by atoms with E-state index in [-0.39, 0.29) is 0 Å². The molecule has 0 saturated carbocycles. The van der Waals surface area contributed by atoms with E-state index in [0.717, 1.165) is 23.7 Å². The lowest BCUT2D eigenvalue weighted by Crippen LogP contribution is -2.39. The first-order valence-corrected chi connectivity index (χ1v) is 9.13. The molecule has 0 spiro atoms. The molecular formula is C19H21N3S. The van der Waals surface area contributed by atoms with Gasteiger partial charge in [-0.1, -0.05) is 44.2 Å². The van der Waals surface area contributed by atoms with Gasteiger partial charge in [-0.25, -0.2) is 9.97 Å². The summed E-state index contributed by atoms with van der Waals surface area (Å²) in [6, 6.07) is 10.6. The Balaban J connectivity index is 1.85. The number of aromatic nitrogens is 2. The second-order valence-corrected chi connectivity index (χ2v) is 7.60. The number of fused-ring (bicyclic) bond motifs is 1. The predicted octanol–water partition coefficient (Wildman–Crippen LogP) is 4.84. The Morgan fingerprint density at radius 2 is 1.78 bits per heavy atom. The van der Waals surface area contributed by atoms with E-state index < -0.39 is 0 Å². The van der Waals surface area contributed by atoms with Crippen molar-refractivity contribution in [3.8, 4) is 11.1 Å². The molecule has 2 aromatic heterocycles. The zero-order valence-corrected chi connectivity index (χ0v) is 14.4. The van der Waals surface area contributed by atoms with Gasteiger partial charge in [-0.05, 0) is 23.8 Å². The third-order valence-electron chi connectivity index (χ3n) is 4.60. The third-order valence-corrected chi connectivity index (χ3v) is 5.49. The Morgan fingerprint density at radius 3 is 2.52 bits per heavy atom. The van der Waals surface area contributed by atoms with Crippen LogP contribution in [0.1, 0.15) is 20.3 Å². The molecule has 118 valence electrons. The molecule has 0 aliphatic carbocycles. The minimum atomic E-state index is 0.711. The largest absolute Gasteiger partial charge is 0.355 e. The monoisotopic (exact) mass is 323 g/mol. The predicted molar refractivity (Wildman–Crippen MR) is 98.0 cm³/mol. The first kappa shape index (κ1) is 14.6. The van der Waals surface area contributed by atoms with E-state index in [1.807, 2.05) is 0 Å². The van der Waals surface area contributed by atoms with Gasteiger partial charge in [0.15, 0.2) is 0 Å². The summed E-state index contributed by atoms with van der Waals surface area (Å²) >= 11 is 1.71. The van der Waals surface area contributed by atoms with Crippen LogP contribution < -0.4 is 4.90 Å². The molecule has 3 nitrogen and oxygen atoms in total. The molecule has 2 unspecified atom stereocenters. The van der Waals surface area contributed by atoms with Crippen LogP contribution in [0.5, 0.6) is 0 Å². The van der Waals surface area contributed by atoms with Gasteiger partial charge in [-0.15, -0.1) is 11.3 Å². The Morgan fingerprint density at radius 1 is 1.04 bits per heavy atom. The van der Waals surface area contributed by atoms with Crippen LogP contribution in [-0.4, -0.2) is 23.1 Å². The average Bonchev–Trinajstić information content (AvgIpc) is 2.99. The Labute approximate surface area is 141 Å². The van der Waals surface area contributed by atoms with Gasteiger partial charge < -0.3 is 4.90 Å². The number of nitrogens with zero attached hydrogens (tertiary/aromatic N) is 3. The van der Waals surface area contributed by atoms with Crippen molar-refractivity contribution in [3.05, 3.63) is 42.0 Å². The highest BCUT2D eigenvalue weighted by Crippen LogP contribution is 2.39. The molecule has 1 aliphatic heterocycles. The first-order chi connectivity index (χ1) is 11.2. The van der Waals surface area contributed by atoms with Crippen molar-refractivity contribution in [2.24, 2.45) is 11.8 Å². The van der Waals surface area contributed by atoms with Gasteiger partial charge in [0.2, 0.25) is 0 Å². The van der Waals surface area contributed by atoms with Crippen LogP contribution in [0.4, 0.5) is 5.82 Å². The van der Waals surface area contributed by atoms with Gasteiger partial charge >= 0.3 is 0 Å². The van der Waals surface area contributed by atoms with E-state index in [0.29, 0.717) is 11.8 Å². The number of piperidine rings is 1. The number of hydrogen-bond acceptors (Lipinski definition) is 4. The minimum absolute atomic E-state index is 0.711. The Bertz CT molecular complexity index is 802. The molecule has 1 aliphatic rings. The lowest BCUT2D eigenvalue weighted by molar-refractivity contribution is 0.356. The summed E-state index contributed by atoms with van der Waals surface area (Å²) in [7, 11) is 0. The van der Waals surface area contributed by atoms with Crippen molar-refractivity contribution in [1.82, 2.24) is 9.97 Å². The smallest absolute Gasteiger partial charge is 0.141 e. The van der Waals surface area contributed by atoms with Crippen LogP contribution in [-0.2, 0) is 0 Å². The van der Waals surface area contributed by atoms with Gasteiger partial charge in [-0.2, -0.15) is 0 Å². The molecule has 23 heavy (non-hydrogen) atoms. The van der Waals surface area contributed by atoms with Crippen molar-refractivity contribution in [2.75, 3.05) is 18.0 Å². The zero-order valence-electron chi connectivity index (χ0n) is 13.6. The number of thiophene rings is 1. The maximum absolute atomic E-state index is 4.68. The van der Waals surface area contributed by atoms with Crippen LogP contribution in [0, 0.1) is 11.8 Å². The minimum Gasteiger partial charge on any atom is -0.355 e. The lowest BCUT2D eigenvalue weighted by atomic mass is 9.91. The van der Waals surface area contributed by atoms with Crippen molar-refractivity contribution >= 4 is 27.4 Å². The summed E-state index contributed by atoms with van der Waals surface area (Å²) in [6.45, 7) is 6.85. The molecule has 1 aromatic carbocycles. The number of hydrogen-bond donors (Lipinski definition) is 0. The normalized spacial score (nSPS) is 21.7. The van der Waals surface area contributed by atoms with Crippen LogP contribution in [0.2, 0.25) is 0 Å². The maximum Gasteiger partial charge on any atom is 0.141 e. The number of anilines is 1. The molecule has 4 heteroatoms. The summed E-state index contributed by atoms with van der Waals surface area (Å²) in [4.78, 5) is 12.7. The van der Waals surface area contributed by atoms with E-state index in [1.54, 1.807) is 17.7 Å². The van der Waals surface area contributed by atoms with E-state index >= 15 is 0 Å². The zero-order chi connectivity index (χ0) is 15.8. The molecule has 0 N–H and O–H groups in total. The summed E-state index contributed by atoms with van der Waals surface area (Å²) in [5.74, 6) is 2.53. The maximum atomic E-state index is 4.68. The second kappa shape index (κ2) is 5.93. The van der Waals surface area contributed by atoms with E-state index in [4.69, 9.17) is 0 Å². The van der Waals surface area contributed by atoms with Gasteiger partial charge in [0.25, 0.3) is 0 Å². The summed E-state index contributed by atoms with van der Waals surface area (Å²) in [5.41, 5.74) is 2.50. The fourth-order valence-electron chi connectivity index (χ4n) is 3.77. The van der Waals surface area contributed by atoms with Crippen LogP contribution in [0.3, 0.4) is 0 Å². The lowest BCUT2D eigenvalue weighted by Gasteiger charge is -2.36. The summed E-state index contributed by atoms with van der Waals surface area (Å²) < 4.78 is 0. The molecule has 0 amide bonds. The molecule has 0 bridgehead atoms. The average molecular weight is 323 g/mol. The summed E-state index contributed by atoms with van der Waals surface area (Å²) in [5, 5.41) is 3.43. The van der Waals surface area contributed by atoms with Crippen molar-refractivity contribution in [2.45, 2.75) is 20.3 Å². The van der Waals surface area contributed by atoms with Crippen molar-refractivity contribution in [1.29, 1.82) is 0 Å². The van der Waals surface area contributed by atoms with Crippen LogP contribution >= 0.6 is 11.3 Å². The summed E-state index contributed by atoms with van der Waals surface area (Å²) in [6.07, 6.45) is 3.02. The Kier molecular flexibility index (Phi) is 3.77. The van der Waals surface area contributed by atoms with Gasteiger partial charge in [0.05, 0.1) is 5.39 Å². The molecule has 4 rings (SSSR count). The van der Waals surface area contributed by atoms with Gasteiger partial charge in [-0.3, -0.25) is 0 Å². The first-order valence-electron chi connectivity index (χ1n) is 8.25. The fraction of sp³-hybridized carbons (Fsp3) is 0.368. The molecule has 1 fully saturated rings. The molecule has 3 aromatic rings. The molecule has 0 radical (unpaired) electrons. The van der Waals surface area contributed by atoms with Crippen molar-refractivity contribution in [3.63, 3.8) is 0 Å². The molecule has 1 saturated heterocycles. The quantitative estimate of drug-likeness (QED) is 0.675. The highest BCUT2D eigenvalue weighted by molar-refractivity contribution is 7.17. The molecule has 3 heterocycles. The number of benzene rings is 1. The number of rotatable bonds is 2. The van der Waals surface area contributed by atoms with Crippen molar-refractivity contribution < 1.29 is 0 Å². The molecule has 2 atom stereocenters. The van der Waals surface area contributed by atoms with Gasteiger partial charge in [0, 0.05) is 24.0 Å². The standard InChI is InChI=1S/C19H21N3S/c1-13-8-14(2)10-22(9-13)18-17-16(15-6-4-3-5-7-15)11-23-19(17)21-12-20-18/h3-7,11-14H,8-10H2,1-2H3. The van der Waals surface area contributed by atoms with E-state index in [9.17, 15) is 0 Å². The third kappa shape index (κ3) is 2.72. The van der Waals surface area contributed by atoms with Gasteiger partial charge in [0.1, 0.15) is 17.0 Å². The van der Waals surface area contributed by atoms with Crippen LogP contribution in [0.25, 0.3) is 21.3 Å². The Hall–Kier alpha value is -1.94. The highest BCUT2D eigenvalue weighted by Gasteiger charge is 2.25. The van der Waals surface area contributed by atoms with Crippen LogP contribution in [0.15, 0.2) is 42.0 Å². The SMILES string of the molecule is CC1CC(C)CN(c2ncnc3scc(-c4ccccc4)c23)C1. The topological polar surface area (TPSA) is 29.0 Å². The van der Waals surface area contributed by atoms with E-state index in [2.05, 4.69) is 64.4 Å². The molecular weight excluding hydrogens is 302 g/mol. The second-order valence-electron chi connectivity index (χ2n) is 6.74. The fourth-order valence-corrected chi connectivity index (χ4v) is 4.68. The highest BCUT2D eigenvalue weighted by atomic mass is 32.1. The van der Waals surface area contributed by atoms with E-state index in [1.165, 1.54) is 22.9 Å².